The monoisotopic (exact) mass is 749 g/mol. The number of carbonyl (C=O) groups is 2. The molecule has 3 saturated heterocycles. The summed E-state index contributed by atoms with van der Waals surface area (Å²) in [6.07, 6.45) is 6.82. The summed E-state index contributed by atoms with van der Waals surface area (Å²) in [5.74, 6) is -3.43. The van der Waals surface area contributed by atoms with E-state index in [4.69, 9.17) is 28.5 Å². The van der Waals surface area contributed by atoms with Crippen LogP contribution in [0.15, 0.2) is 82.6 Å². The zero-order valence-electron chi connectivity index (χ0n) is 32.1. The van der Waals surface area contributed by atoms with Crippen LogP contribution in [-0.2, 0) is 38.1 Å². The molecule has 1 aromatic rings. The van der Waals surface area contributed by atoms with E-state index in [9.17, 15) is 24.9 Å². The SMILES string of the molecule is CON=C(C(=O)O[C@H]1/C(C)=C/C[C@@H]2C[C@@H](CC3(CC[C@H](C)[C@@H](C(C)C)O3)O2)OC(=O)C2C=C(CO)[C@@H](O)C3OC/C(=C\C=C\[C@@H]1C)[C@@]23O)c1ccccc1. The van der Waals surface area contributed by atoms with Gasteiger partial charge in [0.05, 0.1) is 25.4 Å². The zero-order chi connectivity index (χ0) is 38.8. The molecule has 2 bridgehead atoms. The molecule has 1 spiro atoms. The molecule has 4 aliphatic heterocycles. The van der Waals surface area contributed by atoms with Gasteiger partial charge in [0.2, 0.25) is 0 Å². The molecule has 12 heteroatoms. The number of ether oxygens (including phenoxy) is 5. The van der Waals surface area contributed by atoms with E-state index in [0.29, 0.717) is 42.7 Å². The third kappa shape index (κ3) is 8.01. The number of aliphatic hydroxyl groups excluding tert-OH is 2. The Kier molecular flexibility index (Phi) is 12.3. The van der Waals surface area contributed by atoms with E-state index in [1.165, 1.54) is 13.2 Å². The summed E-state index contributed by atoms with van der Waals surface area (Å²) in [5, 5.41) is 37.6. The van der Waals surface area contributed by atoms with Crippen molar-refractivity contribution in [2.75, 3.05) is 20.3 Å². The third-order valence-electron chi connectivity index (χ3n) is 11.6. The summed E-state index contributed by atoms with van der Waals surface area (Å²) < 4.78 is 32.0. The summed E-state index contributed by atoms with van der Waals surface area (Å²) >= 11 is 0. The minimum atomic E-state index is -1.95. The number of esters is 2. The van der Waals surface area contributed by atoms with Gasteiger partial charge in [0, 0.05) is 30.7 Å². The summed E-state index contributed by atoms with van der Waals surface area (Å²) in [4.78, 5) is 33.0. The van der Waals surface area contributed by atoms with Gasteiger partial charge in [0.1, 0.15) is 43.0 Å². The minimum absolute atomic E-state index is 0.0236. The van der Waals surface area contributed by atoms with Crippen LogP contribution in [0.5, 0.6) is 0 Å². The largest absolute Gasteiger partial charge is 0.462 e. The standard InChI is InChI=1S/C42H55NO11/c1-24(2)36-27(5)17-18-41(54-36)21-32-20-31(53-41)16-15-26(4)37(52-40(47)34(43-49-6)28-12-8-7-9-13-28)25(3)11-10-14-30-23-50-38-35(45)29(22-44)19-33(39(46)51-32)42(30,38)48/h7-15,19,24-25,27,31-33,35-38,44-45,48H,16-18,20-23H2,1-6H3/b11-10+,26-15+,30-14+,43-34?/t25-,27-,31+,32-,33?,35+,36+,37+,38?,41?,42+/m0/s1. The Bertz CT molecular complexity index is 1680. The molecule has 294 valence electrons. The second-order valence-electron chi connectivity index (χ2n) is 15.8. The van der Waals surface area contributed by atoms with Gasteiger partial charge < -0.3 is 43.8 Å². The van der Waals surface area contributed by atoms with Gasteiger partial charge in [-0.25, -0.2) is 4.79 Å². The van der Waals surface area contributed by atoms with Crippen molar-refractivity contribution in [2.24, 2.45) is 28.8 Å². The number of rotatable bonds is 6. The minimum Gasteiger partial charge on any atom is -0.462 e. The van der Waals surface area contributed by atoms with Gasteiger partial charge >= 0.3 is 11.9 Å². The van der Waals surface area contributed by atoms with Crippen LogP contribution in [0.25, 0.3) is 0 Å². The highest BCUT2D eigenvalue weighted by molar-refractivity contribution is 6.43. The molecule has 3 unspecified atom stereocenters. The van der Waals surface area contributed by atoms with E-state index in [1.807, 2.05) is 32.1 Å². The van der Waals surface area contributed by atoms with Gasteiger partial charge in [-0.15, -0.1) is 0 Å². The molecule has 0 amide bonds. The second-order valence-corrected chi connectivity index (χ2v) is 15.8. The average molecular weight is 750 g/mol. The topological polar surface area (TPSA) is 163 Å². The predicted octanol–water partition coefficient (Wildman–Crippen LogP) is 4.72. The molecule has 0 saturated carbocycles. The predicted molar refractivity (Wildman–Crippen MR) is 199 cm³/mol. The Morgan fingerprint density at radius 2 is 1.89 bits per heavy atom. The Labute approximate surface area is 317 Å². The Balaban J connectivity index is 1.41. The molecule has 3 fully saturated rings. The van der Waals surface area contributed by atoms with E-state index >= 15 is 0 Å². The van der Waals surface area contributed by atoms with Crippen molar-refractivity contribution in [1.29, 1.82) is 0 Å². The van der Waals surface area contributed by atoms with Gasteiger partial charge in [-0.05, 0) is 48.3 Å². The first-order valence-corrected chi connectivity index (χ1v) is 19.1. The van der Waals surface area contributed by atoms with Gasteiger partial charge in [0.15, 0.2) is 11.5 Å². The number of carbonyl (C=O) groups excluding carboxylic acids is 2. The van der Waals surface area contributed by atoms with E-state index < -0.39 is 66.4 Å². The van der Waals surface area contributed by atoms with Crippen molar-refractivity contribution in [3.63, 3.8) is 0 Å². The maximum Gasteiger partial charge on any atom is 0.361 e. The number of allylic oxidation sites excluding steroid dienone is 2. The fourth-order valence-electron chi connectivity index (χ4n) is 8.75. The van der Waals surface area contributed by atoms with Crippen LogP contribution in [0.2, 0.25) is 0 Å². The molecule has 4 heterocycles. The van der Waals surface area contributed by atoms with Crippen LogP contribution in [0.4, 0.5) is 0 Å². The first-order valence-electron chi connectivity index (χ1n) is 19.1. The van der Waals surface area contributed by atoms with Crippen molar-refractivity contribution >= 4 is 17.7 Å². The number of aliphatic hydroxyl groups is 3. The lowest BCUT2D eigenvalue weighted by molar-refractivity contribution is -0.340. The molecule has 0 radical (unpaired) electrons. The Morgan fingerprint density at radius 3 is 2.59 bits per heavy atom. The number of fused-ring (bicyclic) bond motifs is 2. The quantitative estimate of drug-likeness (QED) is 0.160. The maximum absolute atomic E-state index is 14.2. The van der Waals surface area contributed by atoms with Gasteiger partial charge in [-0.2, -0.15) is 0 Å². The Morgan fingerprint density at radius 1 is 1.13 bits per heavy atom. The smallest absolute Gasteiger partial charge is 0.361 e. The highest BCUT2D eigenvalue weighted by Gasteiger charge is 2.60. The summed E-state index contributed by atoms with van der Waals surface area (Å²) in [7, 11) is 1.37. The van der Waals surface area contributed by atoms with E-state index in [1.54, 1.807) is 36.4 Å². The molecule has 0 aromatic heterocycles. The third-order valence-corrected chi connectivity index (χ3v) is 11.6. The van der Waals surface area contributed by atoms with Crippen LogP contribution in [0, 0.1) is 23.7 Å². The molecular weight excluding hydrogens is 694 g/mol. The van der Waals surface area contributed by atoms with Gasteiger partial charge in [-0.1, -0.05) is 93.6 Å². The number of hydrogen-bond donors (Lipinski definition) is 3. The molecule has 11 atom stereocenters. The molecule has 6 rings (SSSR count). The van der Waals surface area contributed by atoms with Gasteiger partial charge in [0.25, 0.3) is 0 Å². The first kappa shape index (κ1) is 40.0. The lowest BCUT2D eigenvalue weighted by atomic mass is 9.70. The average Bonchev–Trinajstić information content (AvgIpc) is 3.49. The van der Waals surface area contributed by atoms with E-state index in [2.05, 4.69) is 25.9 Å². The van der Waals surface area contributed by atoms with Crippen molar-refractivity contribution in [1.82, 2.24) is 0 Å². The molecule has 3 N–H and O–H groups in total. The van der Waals surface area contributed by atoms with E-state index in [0.717, 1.165) is 12.0 Å². The molecule has 1 aromatic carbocycles. The number of nitrogens with zero attached hydrogens (tertiary/aromatic N) is 1. The van der Waals surface area contributed by atoms with Crippen LogP contribution in [0.3, 0.4) is 0 Å². The summed E-state index contributed by atoms with van der Waals surface area (Å²) in [5.41, 5.74) is -0.0705. The van der Waals surface area contributed by atoms with Crippen molar-refractivity contribution in [3.8, 4) is 0 Å². The lowest BCUT2D eigenvalue weighted by Gasteiger charge is -2.50. The highest BCUT2D eigenvalue weighted by atomic mass is 16.7. The zero-order valence-corrected chi connectivity index (χ0v) is 32.1. The second kappa shape index (κ2) is 16.6. The fourth-order valence-corrected chi connectivity index (χ4v) is 8.75. The summed E-state index contributed by atoms with van der Waals surface area (Å²) in [6.45, 7) is 9.66. The number of benzene rings is 1. The lowest BCUT2D eigenvalue weighted by Crippen LogP contribution is -2.59. The normalized spacial score (nSPS) is 40.0. The Hall–Kier alpha value is -3.65. The molecular formula is C42H55NO11. The van der Waals surface area contributed by atoms with E-state index in [-0.39, 0.29) is 35.8 Å². The molecule has 5 aliphatic rings. The van der Waals surface area contributed by atoms with Crippen LogP contribution >= 0.6 is 0 Å². The van der Waals surface area contributed by atoms with Crippen LogP contribution in [0.1, 0.15) is 72.3 Å². The van der Waals surface area contributed by atoms with Crippen LogP contribution < -0.4 is 0 Å². The number of oxime groups is 1. The first-order chi connectivity index (χ1) is 25.8. The van der Waals surface area contributed by atoms with Crippen molar-refractivity contribution in [3.05, 3.63) is 83.0 Å². The molecule has 54 heavy (non-hydrogen) atoms. The molecule has 12 nitrogen and oxygen atoms in total. The van der Waals surface area contributed by atoms with Crippen molar-refractivity contribution in [2.45, 2.75) is 115 Å². The number of hydrogen-bond acceptors (Lipinski definition) is 12. The van der Waals surface area contributed by atoms with Crippen LogP contribution in [-0.4, -0.2) is 101 Å². The van der Waals surface area contributed by atoms with Crippen molar-refractivity contribution < 1.29 is 53.4 Å². The highest BCUT2D eigenvalue weighted by Crippen LogP contribution is 2.47. The fraction of sp³-hybridized carbons (Fsp3) is 0.595. The molecule has 1 aliphatic carbocycles. The summed E-state index contributed by atoms with van der Waals surface area (Å²) in [6, 6.07) is 8.94. The maximum atomic E-state index is 14.2. The van der Waals surface area contributed by atoms with Gasteiger partial charge in [-0.3, -0.25) is 4.79 Å².